The maximum atomic E-state index is 10.6. The molecule has 2 aromatic rings. The fourth-order valence-electron chi connectivity index (χ4n) is 1.80. The van der Waals surface area contributed by atoms with Crippen molar-refractivity contribution in [1.29, 1.82) is 0 Å². The van der Waals surface area contributed by atoms with Crippen molar-refractivity contribution in [2.75, 3.05) is 6.61 Å². The summed E-state index contributed by atoms with van der Waals surface area (Å²) in [6, 6.07) is 7.33. The third kappa shape index (κ3) is 3.71. The third-order valence-corrected chi connectivity index (χ3v) is 2.83. The summed E-state index contributed by atoms with van der Waals surface area (Å²) in [6.07, 6.45) is 6.96. The number of aliphatic carboxylic acids is 1. The van der Waals surface area contributed by atoms with Gasteiger partial charge < -0.3 is 14.4 Å². The molecule has 0 amide bonds. The van der Waals surface area contributed by atoms with E-state index in [1.54, 1.807) is 6.20 Å². The molecule has 0 unspecified atom stereocenters. The molecular weight excluding hydrogens is 256 g/mol. The second kappa shape index (κ2) is 6.56. The van der Waals surface area contributed by atoms with E-state index in [4.69, 9.17) is 9.84 Å². The highest BCUT2D eigenvalue weighted by Gasteiger charge is 2.03. The number of imidazole rings is 1. The number of benzene rings is 1. The lowest BCUT2D eigenvalue weighted by atomic mass is 10.2. The van der Waals surface area contributed by atoms with E-state index in [1.165, 1.54) is 6.08 Å². The van der Waals surface area contributed by atoms with Crippen LogP contribution in [0.5, 0.6) is 5.75 Å². The van der Waals surface area contributed by atoms with Crippen LogP contribution in [-0.2, 0) is 18.3 Å². The van der Waals surface area contributed by atoms with Crippen molar-refractivity contribution in [2.24, 2.45) is 7.05 Å². The first-order valence-corrected chi connectivity index (χ1v) is 6.26. The minimum absolute atomic E-state index is 0.489. The van der Waals surface area contributed by atoms with Crippen molar-refractivity contribution in [3.63, 3.8) is 0 Å². The first kappa shape index (κ1) is 13.9. The Morgan fingerprint density at radius 2 is 2.25 bits per heavy atom. The van der Waals surface area contributed by atoms with Gasteiger partial charge in [0, 0.05) is 37.5 Å². The minimum Gasteiger partial charge on any atom is -0.492 e. The molecule has 1 N–H and O–H groups in total. The second-order valence-corrected chi connectivity index (χ2v) is 4.26. The number of para-hydroxylation sites is 1. The fraction of sp³-hybridized carbons (Fsp3) is 0.200. The quantitative estimate of drug-likeness (QED) is 0.818. The van der Waals surface area contributed by atoms with Crippen molar-refractivity contribution in [3.05, 3.63) is 54.1 Å². The van der Waals surface area contributed by atoms with E-state index in [9.17, 15) is 4.79 Å². The molecule has 1 aromatic heterocycles. The minimum atomic E-state index is -0.979. The van der Waals surface area contributed by atoms with Gasteiger partial charge in [0.2, 0.25) is 0 Å². The average Bonchev–Trinajstić information content (AvgIpc) is 2.83. The number of nitrogens with zero attached hydrogens (tertiary/aromatic N) is 2. The Labute approximate surface area is 117 Å². The molecule has 5 nitrogen and oxygen atoms in total. The largest absolute Gasteiger partial charge is 0.492 e. The molecule has 104 valence electrons. The molecular formula is C15H16N2O3. The van der Waals surface area contributed by atoms with Crippen LogP contribution in [0.15, 0.2) is 42.7 Å². The molecule has 0 spiro atoms. The Hall–Kier alpha value is -2.56. The van der Waals surface area contributed by atoms with E-state index in [2.05, 4.69) is 4.98 Å². The van der Waals surface area contributed by atoms with Gasteiger partial charge in [-0.25, -0.2) is 9.78 Å². The Kier molecular flexibility index (Phi) is 4.55. The SMILES string of the molecule is Cn1ccnc1CCOc1ccccc1/C=C/C(=O)O. The van der Waals surface area contributed by atoms with Crippen LogP contribution in [0.3, 0.4) is 0 Å². The maximum Gasteiger partial charge on any atom is 0.328 e. The molecule has 0 saturated carbocycles. The molecule has 0 bridgehead atoms. The number of carbonyl (C=O) groups is 1. The standard InChI is InChI=1S/C15H16N2O3/c1-17-10-9-16-14(17)8-11-20-13-5-3-2-4-12(13)6-7-15(18)19/h2-7,9-10H,8,11H2,1H3,(H,18,19)/b7-6+. The number of hydrogen-bond donors (Lipinski definition) is 1. The van der Waals surface area contributed by atoms with E-state index >= 15 is 0 Å². The van der Waals surface area contributed by atoms with Crippen molar-refractivity contribution in [3.8, 4) is 5.75 Å². The highest BCUT2D eigenvalue weighted by atomic mass is 16.5. The van der Waals surface area contributed by atoms with E-state index in [1.807, 2.05) is 42.1 Å². The van der Waals surface area contributed by atoms with Crippen LogP contribution in [0.4, 0.5) is 0 Å². The summed E-state index contributed by atoms with van der Waals surface area (Å²) in [5.74, 6) is 0.635. The second-order valence-electron chi connectivity index (χ2n) is 4.26. The van der Waals surface area contributed by atoms with Gasteiger partial charge in [-0.3, -0.25) is 0 Å². The summed E-state index contributed by atoms with van der Waals surface area (Å²) in [6.45, 7) is 0.489. The molecule has 0 radical (unpaired) electrons. The van der Waals surface area contributed by atoms with Crippen LogP contribution in [0.1, 0.15) is 11.4 Å². The molecule has 2 rings (SSSR count). The number of rotatable bonds is 6. The Morgan fingerprint density at radius 3 is 2.95 bits per heavy atom. The van der Waals surface area contributed by atoms with E-state index in [0.29, 0.717) is 18.8 Å². The van der Waals surface area contributed by atoms with Gasteiger partial charge in [0.15, 0.2) is 0 Å². The maximum absolute atomic E-state index is 10.6. The van der Waals surface area contributed by atoms with Crippen LogP contribution in [0.25, 0.3) is 6.08 Å². The number of carboxylic acids is 1. The molecule has 1 aromatic carbocycles. The first-order valence-electron chi connectivity index (χ1n) is 6.26. The number of carboxylic acid groups (broad SMARTS) is 1. The Bertz CT molecular complexity index is 617. The predicted octanol–water partition coefficient (Wildman–Crippen LogP) is 2.14. The van der Waals surface area contributed by atoms with Crippen molar-refractivity contribution in [2.45, 2.75) is 6.42 Å². The molecule has 0 fully saturated rings. The molecule has 0 saturated heterocycles. The van der Waals surface area contributed by atoms with Gasteiger partial charge in [0.25, 0.3) is 0 Å². The zero-order valence-corrected chi connectivity index (χ0v) is 11.2. The van der Waals surface area contributed by atoms with Crippen molar-refractivity contribution < 1.29 is 14.6 Å². The summed E-state index contributed by atoms with van der Waals surface area (Å²) in [4.78, 5) is 14.8. The van der Waals surface area contributed by atoms with Gasteiger partial charge in [-0.1, -0.05) is 18.2 Å². The van der Waals surface area contributed by atoms with Crippen LogP contribution in [0, 0.1) is 0 Å². The summed E-state index contributed by atoms with van der Waals surface area (Å²) in [5.41, 5.74) is 0.745. The van der Waals surface area contributed by atoms with Gasteiger partial charge in [-0.05, 0) is 12.1 Å². The fourth-order valence-corrected chi connectivity index (χ4v) is 1.80. The van der Waals surface area contributed by atoms with E-state index in [0.717, 1.165) is 17.5 Å². The van der Waals surface area contributed by atoms with Crippen LogP contribution >= 0.6 is 0 Å². The van der Waals surface area contributed by atoms with Crippen LogP contribution in [0.2, 0.25) is 0 Å². The lowest BCUT2D eigenvalue weighted by molar-refractivity contribution is -0.131. The highest BCUT2D eigenvalue weighted by Crippen LogP contribution is 2.19. The third-order valence-electron chi connectivity index (χ3n) is 2.83. The number of ether oxygens (including phenoxy) is 1. The first-order chi connectivity index (χ1) is 9.66. The summed E-state index contributed by atoms with van der Waals surface area (Å²) in [7, 11) is 1.94. The van der Waals surface area contributed by atoms with Crippen LogP contribution < -0.4 is 4.74 Å². The number of aryl methyl sites for hydroxylation is 1. The molecule has 0 aliphatic heterocycles. The molecule has 20 heavy (non-hydrogen) atoms. The zero-order chi connectivity index (χ0) is 14.4. The smallest absolute Gasteiger partial charge is 0.328 e. The van der Waals surface area contributed by atoms with E-state index in [-0.39, 0.29) is 0 Å². The summed E-state index contributed by atoms with van der Waals surface area (Å²) >= 11 is 0. The molecule has 1 heterocycles. The highest BCUT2D eigenvalue weighted by molar-refractivity contribution is 5.85. The van der Waals surface area contributed by atoms with Crippen molar-refractivity contribution in [1.82, 2.24) is 9.55 Å². The lowest BCUT2D eigenvalue weighted by Gasteiger charge is -2.09. The van der Waals surface area contributed by atoms with Gasteiger partial charge in [0.1, 0.15) is 11.6 Å². The van der Waals surface area contributed by atoms with Crippen LogP contribution in [-0.4, -0.2) is 27.2 Å². The van der Waals surface area contributed by atoms with Gasteiger partial charge in [-0.15, -0.1) is 0 Å². The molecule has 0 aliphatic rings. The average molecular weight is 272 g/mol. The normalized spacial score (nSPS) is 10.8. The van der Waals surface area contributed by atoms with Gasteiger partial charge in [0.05, 0.1) is 6.61 Å². The molecule has 5 heteroatoms. The Balaban J connectivity index is 1.99. The number of aromatic nitrogens is 2. The lowest BCUT2D eigenvalue weighted by Crippen LogP contribution is -2.06. The van der Waals surface area contributed by atoms with Crippen molar-refractivity contribution >= 4 is 12.0 Å². The Morgan fingerprint density at radius 1 is 1.45 bits per heavy atom. The summed E-state index contributed by atoms with van der Waals surface area (Å²) < 4.78 is 7.64. The monoisotopic (exact) mass is 272 g/mol. The number of hydrogen-bond acceptors (Lipinski definition) is 3. The van der Waals surface area contributed by atoms with Gasteiger partial charge in [-0.2, -0.15) is 0 Å². The molecule has 0 aliphatic carbocycles. The predicted molar refractivity (Wildman–Crippen MR) is 75.5 cm³/mol. The molecule has 0 atom stereocenters. The summed E-state index contributed by atoms with van der Waals surface area (Å²) in [5, 5.41) is 8.66. The van der Waals surface area contributed by atoms with E-state index < -0.39 is 5.97 Å². The topological polar surface area (TPSA) is 64.4 Å². The van der Waals surface area contributed by atoms with Gasteiger partial charge >= 0.3 is 5.97 Å². The zero-order valence-electron chi connectivity index (χ0n) is 11.2.